The highest BCUT2D eigenvalue weighted by Crippen LogP contribution is 2.19. The molecule has 1 fully saturated rings. The lowest BCUT2D eigenvalue weighted by molar-refractivity contribution is 0.439. The molecule has 3 heterocycles. The van der Waals surface area contributed by atoms with Crippen LogP contribution in [0.15, 0.2) is 18.5 Å². The van der Waals surface area contributed by atoms with E-state index in [0.717, 1.165) is 37.7 Å². The molecule has 20 heavy (non-hydrogen) atoms. The first-order valence-corrected chi connectivity index (χ1v) is 7.11. The number of aromatic amines is 1. The number of piperidine rings is 1. The summed E-state index contributed by atoms with van der Waals surface area (Å²) in [6.07, 6.45) is 5.98. The van der Waals surface area contributed by atoms with E-state index in [2.05, 4.69) is 37.4 Å². The van der Waals surface area contributed by atoms with Crippen LogP contribution in [-0.4, -0.2) is 51.1 Å². The van der Waals surface area contributed by atoms with Crippen LogP contribution in [0, 0.1) is 0 Å². The molecule has 108 valence electrons. The summed E-state index contributed by atoms with van der Waals surface area (Å²) in [5.41, 5.74) is 0. The van der Waals surface area contributed by atoms with Crippen LogP contribution in [0.1, 0.15) is 31.6 Å². The number of H-pyrrole nitrogens is 1. The molecule has 2 aromatic heterocycles. The Morgan fingerprint density at radius 3 is 2.85 bits per heavy atom. The monoisotopic (exact) mass is 275 g/mol. The third-order valence-corrected chi connectivity index (χ3v) is 3.99. The molecule has 0 spiro atoms. The molecule has 0 radical (unpaired) electrons. The summed E-state index contributed by atoms with van der Waals surface area (Å²) in [6, 6.07) is 2.60. The van der Waals surface area contributed by atoms with Gasteiger partial charge in [-0.15, -0.1) is 5.10 Å². The fraction of sp³-hybridized carbons (Fsp3) is 0.615. The fourth-order valence-electron chi connectivity index (χ4n) is 2.60. The molecule has 1 aliphatic rings. The average Bonchev–Trinajstić information content (AvgIpc) is 3.18. The second-order valence-corrected chi connectivity index (χ2v) is 5.23. The second kappa shape index (κ2) is 5.62. The Morgan fingerprint density at radius 2 is 2.20 bits per heavy atom. The van der Waals surface area contributed by atoms with Crippen LogP contribution >= 0.6 is 0 Å². The van der Waals surface area contributed by atoms with Crippen LogP contribution in [0.25, 0.3) is 0 Å². The van der Waals surface area contributed by atoms with Gasteiger partial charge in [0.1, 0.15) is 6.04 Å². The van der Waals surface area contributed by atoms with Crippen LogP contribution in [0.3, 0.4) is 0 Å². The van der Waals surface area contributed by atoms with Crippen LogP contribution < -0.4 is 10.2 Å². The summed E-state index contributed by atoms with van der Waals surface area (Å²) in [5.74, 6) is 1.65. The lowest BCUT2D eigenvalue weighted by atomic mass is 10.1. The SMILES string of the molecule is CNC1CCN(c2n[nH]c(C(C)n3cccn3)n2)CC1. The number of nitrogens with zero attached hydrogens (tertiary/aromatic N) is 5. The summed E-state index contributed by atoms with van der Waals surface area (Å²) < 4.78 is 1.87. The van der Waals surface area contributed by atoms with Crippen molar-refractivity contribution in [3.63, 3.8) is 0 Å². The number of hydrogen-bond donors (Lipinski definition) is 2. The van der Waals surface area contributed by atoms with Gasteiger partial charge in [-0.05, 0) is 32.9 Å². The highest BCUT2D eigenvalue weighted by Gasteiger charge is 2.22. The predicted molar refractivity (Wildman–Crippen MR) is 76.7 cm³/mol. The first-order valence-electron chi connectivity index (χ1n) is 7.11. The van der Waals surface area contributed by atoms with E-state index in [-0.39, 0.29) is 6.04 Å². The molecule has 2 aromatic rings. The lowest BCUT2D eigenvalue weighted by Crippen LogP contribution is -2.41. The molecule has 1 saturated heterocycles. The van der Waals surface area contributed by atoms with E-state index in [0.29, 0.717) is 6.04 Å². The number of anilines is 1. The van der Waals surface area contributed by atoms with Gasteiger partial charge in [-0.2, -0.15) is 10.1 Å². The van der Waals surface area contributed by atoms with Crippen LogP contribution in [0.2, 0.25) is 0 Å². The van der Waals surface area contributed by atoms with E-state index in [1.807, 2.05) is 24.0 Å². The van der Waals surface area contributed by atoms with Crippen molar-refractivity contribution in [3.8, 4) is 0 Å². The minimum atomic E-state index is 0.0705. The Morgan fingerprint density at radius 1 is 1.40 bits per heavy atom. The van der Waals surface area contributed by atoms with Gasteiger partial charge in [-0.1, -0.05) is 0 Å². The van der Waals surface area contributed by atoms with Crippen molar-refractivity contribution in [3.05, 3.63) is 24.3 Å². The molecule has 0 saturated carbocycles. The van der Waals surface area contributed by atoms with Crippen LogP contribution in [-0.2, 0) is 0 Å². The molecule has 2 N–H and O–H groups in total. The number of nitrogens with one attached hydrogen (secondary N) is 2. The van der Waals surface area contributed by atoms with Crippen molar-refractivity contribution < 1.29 is 0 Å². The topological polar surface area (TPSA) is 74.7 Å². The molecule has 0 aromatic carbocycles. The van der Waals surface area contributed by atoms with Gasteiger partial charge in [-0.25, -0.2) is 0 Å². The van der Waals surface area contributed by atoms with Gasteiger partial charge in [0.2, 0.25) is 5.95 Å². The Kier molecular flexibility index (Phi) is 3.68. The van der Waals surface area contributed by atoms with Gasteiger partial charge in [0.25, 0.3) is 0 Å². The summed E-state index contributed by atoms with van der Waals surface area (Å²) in [4.78, 5) is 6.86. The van der Waals surface area contributed by atoms with Crippen LogP contribution in [0.4, 0.5) is 5.95 Å². The first-order chi connectivity index (χ1) is 9.78. The lowest BCUT2D eigenvalue weighted by Gasteiger charge is -2.30. The van der Waals surface area contributed by atoms with Crippen molar-refractivity contribution in [2.75, 3.05) is 25.0 Å². The third kappa shape index (κ3) is 2.53. The molecular formula is C13H21N7. The second-order valence-electron chi connectivity index (χ2n) is 5.23. The average molecular weight is 275 g/mol. The molecular weight excluding hydrogens is 254 g/mol. The Hall–Kier alpha value is -1.89. The number of aromatic nitrogens is 5. The highest BCUT2D eigenvalue weighted by atomic mass is 15.4. The Balaban J connectivity index is 1.68. The molecule has 0 bridgehead atoms. The highest BCUT2D eigenvalue weighted by molar-refractivity contribution is 5.30. The zero-order valence-corrected chi connectivity index (χ0v) is 12.0. The smallest absolute Gasteiger partial charge is 0.244 e. The maximum atomic E-state index is 4.62. The van der Waals surface area contributed by atoms with Gasteiger partial charge in [0, 0.05) is 31.5 Å². The summed E-state index contributed by atoms with van der Waals surface area (Å²) >= 11 is 0. The summed E-state index contributed by atoms with van der Waals surface area (Å²) in [5, 5.41) is 15.0. The predicted octanol–water partition coefficient (Wildman–Crippen LogP) is 0.799. The van der Waals surface area contributed by atoms with Gasteiger partial charge in [-0.3, -0.25) is 9.78 Å². The van der Waals surface area contributed by atoms with Crippen LogP contribution in [0.5, 0.6) is 0 Å². The molecule has 7 heteroatoms. The molecule has 0 amide bonds. The normalized spacial score (nSPS) is 18.4. The number of rotatable bonds is 4. The zero-order valence-electron chi connectivity index (χ0n) is 12.0. The fourth-order valence-corrected chi connectivity index (χ4v) is 2.60. The Labute approximate surface area is 118 Å². The van der Waals surface area contributed by atoms with E-state index in [9.17, 15) is 0 Å². The van der Waals surface area contributed by atoms with Gasteiger partial charge in [0.15, 0.2) is 5.82 Å². The first kappa shape index (κ1) is 13.1. The maximum Gasteiger partial charge on any atom is 0.244 e. The molecule has 1 atom stereocenters. The van der Waals surface area contributed by atoms with Crippen molar-refractivity contribution in [2.24, 2.45) is 0 Å². The number of hydrogen-bond acceptors (Lipinski definition) is 5. The third-order valence-electron chi connectivity index (χ3n) is 3.99. The molecule has 7 nitrogen and oxygen atoms in total. The standard InChI is InChI=1S/C13H21N7/c1-10(20-7-3-6-15-20)12-16-13(18-17-12)19-8-4-11(14-2)5-9-19/h3,6-7,10-11,14H,4-5,8-9H2,1-2H3,(H,16,17,18). The van der Waals surface area contributed by atoms with Crippen molar-refractivity contribution in [1.82, 2.24) is 30.3 Å². The summed E-state index contributed by atoms with van der Waals surface area (Å²) in [6.45, 7) is 4.06. The van der Waals surface area contributed by atoms with Crippen molar-refractivity contribution in [1.29, 1.82) is 0 Å². The van der Waals surface area contributed by atoms with E-state index in [1.54, 1.807) is 6.20 Å². The van der Waals surface area contributed by atoms with E-state index in [4.69, 9.17) is 0 Å². The van der Waals surface area contributed by atoms with Crippen molar-refractivity contribution >= 4 is 5.95 Å². The van der Waals surface area contributed by atoms with Gasteiger partial charge >= 0.3 is 0 Å². The largest absolute Gasteiger partial charge is 0.339 e. The minimum absolute atomic E-state index is 0.0705. The quantitative estimate of drug-likeness (QED) is 0.863. The molecule has 1 unspecified atom stereocenters. The van der Waals surface area contributed by atoms with Gasteiger partial charge < -0.3 is 10.2 Å². The Bertz CT molecular complexity index is 525. The van der Waals surface area contributed by atoms with Crippen molar-refractivity contribution in [2.45, 2.75) is 31.8 Å². The van der Waals surface area contributed by atoms with Gasteiger partial charge in [0.05, 0.1) is 0 Å². The minimum Gasteiger partial charge on any atom is -0.339 e. The van der Waals surface area contributed by atoms with E-state index in [1.165, 1.54) is 0 Å². The van der Waals surface area contributed by atoms with E-state index >= 15 is 0 Å². The van der Waals surface area contributed by atoms with E-state index < -0.39 is 0 Å². The summed E-state index contributed by atoms with van der Waals surface area (Å²) in [7, 11) is 2.02. The molecule has 0 aliphatic carbocycles. The maximum absolute atomic E-state index is 4.62. The molecule has 3 rings (SSSR count). The zero-order chi connectivity index (χ0) is 13.9. The molecule has 1 aliphatic heterocycles.